The lowest BCUT2D eigenvalue weighted by atomic mass is 10.00. The maximum atomic E-state index is 11.9. The van der Waals surface area contributed by atoms with E-state index in [4.69, 9.17) is 11.6 Å². The third kappa shape index (κ3) is 2.56. The highest BCUT2D eigenvalue weighted by Crippen LogP contribution is 2.28. The summed E-state index contributed by atoms with van der Waals surface area (Å²) < 4.78 is 0. The minimum absolute atomic E-state index is 0.0790. The fourth-order valence-electron chi connectivity index (χ4n) is 2.21. The lowest BCUT2D eigenvalue weighted by Crippen LogP contribution is -2.20. The summed E-state index contributed by atoms with van der Waals surface area (Å²) >= 11 is 5.98. The van der Waals surface area contributed by atoms with Crippen LogP contribution in [-0.2, 0) is 4.79 Å². The van der Waals surface area contributed by atoms with Gasteiger partial charge in [-0.25, -0.2) is 0 Å². The van der Waals surface area contributed by atoms with Crippen LogP contribution in [0.5, 0.6) is 0 Å². The number of carbonyl (C=O) groups is 1. The molecule has 0 aromatic heterocycles. The lowest BCUT2D eigenvalue weighted by Gasteiger charge is -2.09. The molecule has 1 heterocycles. The number of non-ortho nitro benzene ring substituents is 1. The van der Waals surface area contributed by atoms with E-state index in [0.717, 1.165) is 5.56 Å². The zero-order valence-electron chi connectivity index (χ0n) is 11.2. The Kier molecular flexibility index (Phi) is 3.60. The van der Waals surface area contributed by atoms with Gasteiger partial charge in [0.25, 0.3) is 11.6 Å². The predicted octanol–water partition coefficient (Wildman–Crippen LogP) is 2.95. The van der Waals surface area contributed by atoms with Crippen molar-refractivity contribution in [1.29, 1.82) is 0 Å². The number of anilines is 1. The van der Waals surface area contributed by atoms with Crippen LogP contribution in [0.25, 0.3) is 0 Å². The van der Waals surface area contributed by atoms with Crippen LogP contribution >= 0.6 is 11.6 Å². The SMILES string of the molecule is O=C1Nc2ccc([N+](=O)[O-])cc2C(c2ccccc2)=NC1Cl. The second-order valence-corrected chi connectivity index (χ2v) is 5.07. The number of fused-ring (bicyclic) bond motifs is 1. The van der Waals surface area contributed by atoms with Crippen LogP contribution in [0.3, 0.4) is 0 Å². The number of hydrogen-bond donors (Lipinski definition) is 1. The molecule has 1 amide bonds. The van der Waals surface area contributed by atoms with Gasteiger partial charge >= 0.3 is 0 Å². The molecule has 2 aromatic carbocycles. The van der Waals surface area contributed by atoms with Crippen LogP contribution in [0.4, 0.5) is 11.4 Å². The Morgan fingerprint density at radius 1 is 1.18 bits per heavy atom. The largest absolute Gasteiger partial charge is 0.322 e. The molecule has 0 saturated heterocycles. The van der Waals surface area contributed by atoms with Crippen LogP contribution in [0.2, 0.25) is 0 Å². The molecule has 1 unspecified atom stereocenters. The maximum absolute atomic E-state index is 11.9. The van der Waals surface area contributed by atoms with Gasteiger partial charge in [0.15, 0.2) is 0 Å². The fourth-order valence-corrected chi connectivity index (χ4v) is 2.36. The zero-order valence-corrected chi connectivity index (χ0v) is 11.9. The first kappa shape index (κ1) is 14.2. The van der Waals surface area contributed by atoms with Gasteiger partial charge in [-0.3, -0.25) is 19.9 Å². The molecule has 22 heavy (non-hydrogen) atoms. The van der Waals surface area contributed by atoms with E-state index in [1.165, 1.54) is 18.2 Å². The van der Waals surface area contributed by atoms with E-state index in [-0.39, 0.29) is 5.69 Å². The summed E-state index contributed by atoms with van der Waals surface area (Å²) in [6, 6.07) is 13.3. The average molecular weight is 316 g/mol. The molecule has 0 bridgehead atoms. The Labute approximate surface area is 130 Å². The third-order valence-corrected chi connectivity index (χ3v) is 3.53. The topological polar surface area (TPSA) is 84.6 Å². The smallest absolute Gasteiger partial charge is 0.270 e. The maximum Gasteiger partial charge on any atom is 0.270 e. The molecule has 1 aliphatic rings. The van der Waals surface area contributed by atoms with Crippen LogP contribution in [0.1, 0.15) is 11.1 Å². The Morgan fingerprint density at radius 3 is 2.59 bits per heavy atom. The molecule has 0 fully saturated rings. The van der Waals surface area contributed by atoms with Gasteiger partial charge in [-0.1, -0.05) is 41.9 Å². The number of benzene rings is 2. The van der Waals surface area contributed by atoms with Crippen LogP contribution in [0.15, 0.2) is 53.5 Å². The normalized spacial score (nSPS) is 17.0. The molecule has 0 saturated carbocycles. The van der Waals surface area contributed by atoms with Crippen molar-refractivity contribution in [2.45, 2.75) is 5.50 Å². The van der Waals surface area contributed by atoms with Gasteiger partial charge in [-0.15, -0.1) is 0 Å². The molecule has 0 spiro atoms. The fraction of sp³-hybridized carbons (Fsp3) is 0.0667. The molecular formula is C15H10ClN3O3. The minimum Gasteiger partial charge on any atom is -0.322 e. The van der Waals surface area contributed by atoms with E-state index in [1.54, 1.807) is 12.1 Å². The molecule has 7 heteroatoms. The second kappa shape index (κ2) is 5.57. The van der Waals surface area contributed by atoms with Crippen molar-refractivity contribution < 1.29 is 9.72 Å². The third-order valence-electron chi connectivity index (χ3n) is 3.23. The molecule has 2 aromatic rings. The van der Waals surface area contributed by atoms with Crippen LogP contribution < -0.4 is 5.32 Å². The highest BCUT2D eigenvalue weighted by atomic mass is 35.5. The summed E-state index contributed by atoms with van der Waals surface area (Å²) in [5, 5.41) is 13.6. The first-order valence-corrected chi connectivity index (χ1v) is 6.87. The van der Waals surface area contributed by atoms with E-state index < -0.39 is 16.3 Å². The summed E-state index contributed by atoms with van der Waals surface area (Å²) in [4.78, 5) is 26.6. The lowest BCUT2D eigenvalue weighted by molar-refractivity contribution is -0.384. The zero-order chi connectivity index (χ0) is 15.7. The minimum atomic E-state index is -1.10. The Hall–Kier alpha value is -2.73. The van der Waals surface area contributed by atoms with Gasteiger partial charge in [0.05, 0.1) is 16.3 Å². The van der Waals surface area contributed by atoms with Gasteiger partial charge in [-0.2, -0.15) is 0 Å². The monoisotopic (exact) mass is 315 g/mol. The number of aliphatic imine (C=N–C) groups is 1. The number of benzodiazepines with no additional fused rings is 1. The number of nitro benzene ring substituents is 1. The predicted molar refractivity (Wildman–Crippen MR) is 83.4 cm³/mol. The van der Waals surface area contributed by atoms with Crippen molar-refractivity contribution in [3.05, 3.63) is 69.8 Å². The number of carbonyl (C=O) groups excluding carboxylic acids is 1. The van der Waals surface area contributed by atoms with Crippen molar-refractivity contribution in [3.63, 3.8) is 0 Å². The summed E-state index contributed by atoms with van der Waals surface area (Å²) in [5.74, 6) is -0.470. The summed E-state index contributed by atoms with van der Waals surface area (Å²) in [7, 11) is 0. The average Bonchev–Trinajstić information content (AvgIpc) is 2.65. The number of hydrogen-bond acceptors (Lipinski definition) is 4. The van der Waals surface area contributed by atoms with E-state index in [2.05, 4.69) is 10.3 Å². The first-order valence-electron chi connectivity index (χ1n) is 6.43. The van der Waals surface area contributed by atoms with Gasteiger partial charge in [0.1, 0.15) is 0 Å². The van der Waals surface area contributed by atoms with E-state index in [1.807, 2.05) is 18.2 Å². The number of nitrogens with zero attached hydrogens (tertiary/aromatic N) is 2. The van der Waals surface area contributed by atoms with Crippen LogP contribution in [0, 0.1) is 10.1 Å². The Bertz CT molecular complexity index is 790. The molecule has 110 valence electrons. The second-order valence-electron chi connectivity index (χ2n) is 4.66. The number of halogens is 1. The molecule has 0 radical (unpaired) electrons. The highest BCUT2D eigenvalue weighted by molar-refractivity contribution is 6.35. The van der Waals surface area contributed by atoms with Crippen LogP contribution in [-0.4, -0.2) is 22.0 Å². The molecule has 1 aliphatic heterocycles. The Balaban J connectivity index is 2.24. The first-order chi connectivity index (χ1) is 10.6. The standard InChI is InChI=1S/C15H10ClN3O3/c16-14-15(20)17-12-7-6-10(19(21)22)8-11(12)13(18-14)9-4-2-1-3-5-9/h1-8,14H,(H,17,20). The quantitative estimate of drug-likeness (QED) is 0.400. The van der Waals surface area contributed by atoms with E-state index >= 15 is 0 Å². The molecule has 0 aliphatic carbocycles. The van der Waals surface area contributed by atoms with Crippen molar-refractivity contribution in [1.82, 2.24) is 0 Å². The molecule has 6 nitrogen and oxygen atoms in total. The molecule has 1 N–H and O–H groups in total. The Morgan fingerprint density at radius 2 is 1.91 bits per heavy atom. The summed E-state index contributed by atoms with van der Waals surface area (Å²) in [6.45, 7) is 0. The van der Waals surface area contributed by atoms with Crippen molar-refractivity contribution in [3.8, 4) is 0 Å². The van der Waals surface area contributed by atoms with Gasteiger partial charge in [0.2, 0.25) is 5.50 Å². The highest BCUT2D eigenvalue weighted by Gasteiger charge is 2.25. The number of nitro groups is 1. The molecule has 1 atom stereocenters. The summed E-state index contributed by atoms with van der Waals surface area (Å²) in [6.07, 6.45) is 0. The molecule has 3 rings (SSSR count). The van der Waals surface area contributed by atoms with Crippen molar-refractivity contribution >= 4 is 34.6 Å². The van der Waals surface area contributed by atoms with Gasteiger partial charge < -0.3 is 5.32 Å². The number of rotatable bonds is 2. The molecular weight excluding hydrogens is 306 g/mol. The number of amides is 1. The van der Waals surface area contributed by atoms with Crippen molar-refractivity contribution in [2.75, 3.05) is 5.32 Å². The van der Waals surface area contributed by atoms with E-state index in [9.17, 15) is 14.9 Å². The number of nitrogens with one attached hydrogen (secondary N) is 1. The van der Waals surface area contributed by atoms with Crippen molar-refractivity contribution in [2.24, 2.45) is 4.99 Å². The summed E-state index contributed by atoms with van der Waals surface area (Å²) in [5.41, 5.74) is 0.911. The van der Waals surface area contributed by atoms with Gasteiger partial charge in [0, 0.05) is 23.3 Å². The van der Waals surface area contributed by atoms with E-state index in [0.29, 0.717) is 17.0 Å². The van der Waals surface area contributed by atoms with Gasteiger partial charge in [-0.05, 0) is 6.07 Å². The number of alkyl halides is 1.